The van der Waals surface area contributed by atoms with Gasteiger partial charge in [0, 0.05) is 6.42 Å². The SMILES string of the molecule is CC/C=C\C/C=C\C/C=C\C/C=C\C/C=C\C/C=C\C/C=C\C/C=C\C/C=C\CCCCCCCCCC(=O)NC(COP(=O)([O-])OCC[N+](C)(C)C)C(O)CCCCCCCCCCCCCCCCCCC. The van der Waals surface area contributed by atoms with Gasteiger partial charge in [-0.25, -0.2) is 0 Å². The highest BCUT2D eigenvalue weighted by Crippen LogP contribution is 2.38. The van der Waals surface area contributed by atoms with Crippen molar-refractivity contribution < 1.29 is 32.9 Å². The number of carbonyl (C=O) groups is 1. The van der Waals surface area contributed by atoms with E-state index < -0.39 is 20.0 Å². The van der Waals surface area contributed by atoms with Gasteiger partial charge in [0.05, 0.1) is 39.9 Å². The van der Waals surface area contributed by atoms with Crippen molar-refractivity contribution in [1.82, 2.24) is 5.32 Å². The van der Waals surface area contributed by atoms with Crippen LogP contribution in [0.25, 0.3) is 0 Å². The van der Waals surface area contributed by atoms with Gasteiger partial charge in [0.25, 0.3) is 7.82 Å². The van der Waals surface area contributed by atoms with E-state index in [4.69, 9.17) is 9.05 Å². The molecule has 74 heavy (non-hydrogen) atoms. The van der Waals surface area contributed by atoms with Gasteiger partial charge in [0.1, 0.15) is 13.2 Å². The molecule has 0 aliphatic carbocycles. The highest BCUT2D eigenvalue weighted by molar-refractivity contribution is 7.45. The Labute approximate surface area is 457 Å². The third kappa shape index (κ3) is 56.9. The summed E-state index contributed by atoms with van der Waals surface area (Å²) in [4.78, 5) is 25.6. The standard InChI is InChI=1S/C65H115N2O6P/c1-6-8-10-12-14-16-18-20-22-24-25-26-27-28-29-30-31-32-33-34-35-36-37-38-39-40-41-43-45-47-49-51-53-55-57-59-65(69)66-63(62-73-74(70,71)72-61-60-67(3,4)5)64(68)58-56-54-52-50-48-46-44-42-23-21-19-17-15-13-11-9-7-2/h8,10,14,16,20,22,25-26,28-29,31-32,34-35,37-38,40-41,63-64,68H,6-7,9,11-13,15,17-19,21,23-24,27,30,33,36,39,42-62H2,1-5H3,(H-,66,69,70,71)/b10-8-,16-14-,22-20-,26-25-,29-28-,32-31-,35-34-,38-37-,41-40-. The van der Waals surface area contributed by atoms with Gasteiger partial charge in [-0.1, -0.05) is 264 Å². The van der Waals surface area contributed by atoms with Crippen molar-refractivity contribution in [1.29, 1.82) is 0 Å². The summed E-state index contributed by atoms with van der Waals surface area (Å²) >= 11 is 0. The Morgan fingerprint density at radius 3 is 1.20 bits per heavy atom. The van der Waals surface area contributed by atoms with Crippen molar-refractivity contribution >= 4 is 13.7 Å². The second-order valence-electron chi connectivity index (χ2n) is 21.3. The molecule has 3 unspecified atom stereocenters. The predicted molar refractivity (Wildman–Crippen MR) is 320 cm³/mol. The summed E-state index contributed by atoms with van der Waals surface area (Å²) in [6.07, 6.45) is 79.8. The van der Waals surface area contributed by atoms with E-state index in [2.05, 4.69) is 129 Å². The summed E-state index contributed by atoms with van der Waals surface area (Å²) < 4.78 is 23.4. The molecule has 0 aliphatic rings. The van der Waals surface area contributed by atoms with E-state index in [0.717, 1.165) is 109 Å². The minimum Gasteiger partial charge on any atom is -0.756 e. The molecule has 3 atom stereocenters. The van der Waals surface area contributed by atoms with Gasteiger partial charge < -0.3 is 28.8 Å². The van der Waals surface area contributed by atoms with Crippen molar-refractivity contribution in [2.75, 3.05) is 40.9 Å². The van der Waals surface area contributed by atoms with Crippen LogP contribution in [-0.2, 0) is 18.4 Å². The van der Waals surface area contributed by atoms with E-state index in [1.165, 1.54) is 109 Å². The molecule has 2 N–H and O–H groups in total. The summed E-state index contributed by atoms with van der Waals surface area (Å²) in [7, 11) is 1.29. The highest BCUT2D eigenvalue weighted by Gasteiger charge is 2.24. The van der Waals surface area contributed by atoms with Crippen LogP contribution in [0.2, 0.25) is 0 Å². The fourth-order valence-electron chi connectivity index (χ4n) is 8.33. The molecule has 0 aromatic rings. The van der Waals surface area contributed by atoms with Gasteiger partial charge >= 0.3 is 0 Å². The number of aliphatic hydroxyl groups excluding tert-OH is 1. The fraction of sp³-hybridized carbons (Fsp3) is 0.708. The second kappa shape index (κ2) is 54.9. The predicted octanol–water partition coefficient (Wildman–Crippen LogP) is 18.1. The molecular formula is C65H115N2O6P. The molecule has 0 spiro atoms. The van der Waals surface area contributed by atoms with Gasteiger partial charge in [-0.15, -0.1) is 0 Å². The van der Waals surface area contributed by atoms with Crippen LogP contribution in [0.5, 0.6) is 0 Å². The lowest BCUT2D eigenvalue weighted by Gasteiger charge is -2.30. The Balaban J connectivity index is 4.18. The van der Waals surface area contributed by atoms with E-state index >= 15 is 0 Å². The zero-order valence-corrected chi connectivity index (χ0v) is 49.4. The number of phosphoric acid groups is 1. The van der Waals surface area contributed by atoms with Crippen LogP contribution in [0, 0.1) is 0 Å². The van der Waals surface area contributed by atoms with E-state index in [1.807, 2.05) is 21.1 Å². The number of nitrogens with zero attached hydrogens (tertiary/aromatic N) is 1. The fourth-order valence-corrected chi connectivity index (χ4v) is 9.05. The van der Waals surface area contributed by atoms with E-state index in [1.54, 1.807) is 0 Å². The first-order valence-electron chi connectivity index (χ1n) is 30.2. The number of aliphatic hydroxyl groups is 1. The third-order valence-corrected chi connectivity index (χ3v) is 14.0. The summed E-state index contributed by atoms with van der Waals surface area (Å²) in [5.74, 6) is -0.179. The number of amides is 1. The maximum atomic E-state index is 13.0. The quantitative estimate of drug-likeness (QED) is 0.0272. The van der Waals surface area contributed by atoms with Gasteiger partial charge in [-0.05, 0) is 83.5 Å². The number of unbranched alkanes of at least 4 members (excludes halogenated alkanes) is 23. The number of nitrogens with one attached hydrogen (secondary N) is 1. The molecule has 0 bridgehead atoms. The van der Waals surface area contributed by atoms with Crippen molar-refractivity contribution in [3.05, 3.63) is 109 Å². The zero-order chi connectivity index (χ0) is 54.2. The first-order chi connectivity index (χ1) is 36.0. The van der Waals surface area contributed by atoms with Crippen molar-refractivity contribution in [2.24, 2.45) is 0 Å². The van der Waals surface area contributed by atoms with Gasteiger partial charge in [0.2, 0.25) is 5.91 Å². The van der Waals surface area contributed by atoms with Gasteiger partial charge in [0.15, 0.2) is 0 Å². The maximum absolute atomic E-state index is 13.0. The normalized spacial score (nSPS) is 14.6. The Kier molecular flexibility index (Phi) is 52.8. The molecule has 0 aromatic heterocycles. The number of hydrogen-bond donors (Lipinski definition) is 2. The summed E-state index contributed by atoms with van der Waals surface area (Å²) in [6, 6.07) is -0.815. The first kappa shape index (κ1) is 71.2. The van der Waals surface area contributed by atoms with Crippen molar-refractivity contribution in [3.63, 3.8) is 0 Å². The van der Waals surface area contributed by atoms with Crippen LogP contribution in [-0.4, -0.2) is 68.5 Å². The van der Waals surface area contributed by atoms with Crippen LogP contribution in [0.1, 0.15) is 245 Å². The second-order valence-corrected chi connectivity index (χ2v) is 22.7. The first-order valence-corrected chi connectivity index (χ1v) is 31.7. The largest absolute Gasteiger partial charge is 0.756 e. The lowest BCUT2D eigenvalue weighted by Crippen LogP contribution is -2.46. The maximum Gasteiger partial charge on any atom is 0.268 e. The van der Waals surface area contributed by atoms with Crippen molar-refractivity contribution in [3.8, 4) is 0 Å². The van der Waals surface area contributed by atoms with Crippen LogP contribution in [0.15, 0.2) is 109 Å². The van der Waals surface area contributed by atoms with Crippen LogP contribution >= 0.6 is 7.82 Å². The molecule has 0 aromatic carbocycles. The molecule has 426 valence electrons. The van der Waals surface area contributed by atoms with Gasteiger partial charge in [-0.3, -0.25) is 9.36 Å². The lowest BCUT2D eigenvalue weighted by molar-refractivity contribution is -0.870. The topological polar surface area (TPSA) is 108 Å². The Morgan fingerprint density at radius 1 is 0.486 bits per heavy atom. The number of rotatable bonds is 54. The summed E-state index contributed by atoms with van der Waals surface area (Å²) in [6.45, 7) is 4.60. The molecule has 0 rings (SSSR count). The number of quaternary nitrogens is 1. The molecule has 0 radical (unpaired) electrons. The smallest absolute Gasteiger partial charge is 0.268 e. The van der Waals surface area contributed by atoms with Crippen LogP contribution in [0.4, 0.5) is 0 Å². The number of phosphoric ester groups is 1. The Hall–Kier alpha value is -2.84. The van der Waals surface area contributed by atoms with Crippen LogP contribution < -0.4 is 10.2 Å². The molecule has 8 nitrogen and oxygen atoms in total. The molecule has 0 aliphatic heterocycles. The van der Waals surface area contributed by atoms with E-state index in [0.29, 0.717) is 23.9 Å². The molecule has 0 fully saturated rings. The summed E-state index contributed by atoms with van der Waals surface area (Å²) in [5, 5.41) is 14.0. The Bertz CT molecular complexity index is 1570. The molecule has 0 saturated carbocycles. The average molecular weight is 1050 g/mol. The summed E-state index contributed by atoms with van der Waals surface area (Å²) in [5.41, 5.74) is 0. The molecule has 9 heteroatoms. The molecule has 1 amide bonds. The number of likely N-dealkylation sites (N-methyl/N-ethyl adjacent to an activating group) is 1. The molecule has 0 saturated heterocycles. The number of carbonyl (C=O) groups excluding carboxylic acids is 1. The molecule has 0 heterocycles. The van der Waals surface area contributed by atoms with E-state index in [9.17, 15) is 19.4 Å². The minimum absolute atomic E-state index is 0.00473. The average Bonchev–Trinajstić information content (AvgIpc) is 3.36. The zero-order valence-electron chi connectivity index (χ0n) is 48.5. The minimum atomic E-state index is -4.58. The monoisotopic (exact) mass is 1050 g/mol. The van der Waals surface area contributed by atoms with Gasteiger partial charge in [-0.2, -0.15) is 0 Å². The Morgan fingerprint density at radius 2 is 0.824 bits per heavy atom. The van der Waals surface area contributed by atoms with Crippen LogP contribution in [0.3, 0.4) is 0 Å². The lowest BCUT2D eigenvalue weighted by atomic mass is 10.0. The molecular weight excluding hydrogens is 936 g/mol. The number of hydrogen-bond acceptors (Lipinski definition) is 6. The number of allylic oxidation sites excluding steroid dienone is 18. The highest BCUT2D eigenvalue weighted by atomic mass is 31.2. The van der Waals surface area contributed by atoms with E-state index in [-0.39, 0.29) is 19.1 Å². The third-order valence-electron chi connectivity index (χ3n) is 13.0. The van der Waals surface area contributed by atoms with Crippen molar-refractivity contribution in [2.45, 2.75) is 257 Å².